The Hall–Kier alpha value is -2.38. The van der Waals surface area contributed by atoms with Crippen molar-refractivity contribution in [3.63, 3.8) is 0 Å². The molecule has 0 atom stereocenters. The van der Waals surface area contributed by atoms with E-state index in [1.54, 1.807) is 36.0 Å². The number of amides is 1. The molecule has 2 heterocycles. The molecule has 7 nitrogen and oxygen atoms in total. The normalized spacial score (nSPS) is 10.7. The number of benzene rings is 1. The molecule has 0 aliphatic rings. The zero-order valence-corrected chi connectivity index (χ0v) is 13.6. The molecule has 0 aliphatic carbocycles. The van der Waals surface area contributed by atoms with E-state index in [0.717, 1.165) is 5.69 Å². The molecule has 0 saturated carbocycles. The summed E-state index contributed by atoms with van der Waals surface area (Å²) < 4.78 is 1.62. The molecule has 0 fully saturated rings. The summed E-state index contributed by atoms with van der Waals surface area (Å²) in [5.41, 5.74) is 6.62. The number of carbonyl (C=O) groups excluding carboxylic acids is 1. The number of halogens is 2. The van der Waals surface area contributed by atoms with Crippen molar-refractivity contribution in [1.29, 1.82) is 0 Å². The van der Waals surface area contributed by atoms with Crippen molar-refractivity contribution in [2.75, 3.05) is 5.43 Å². The number of aromatic nitrogens is 4. The van der Waals surface area contributed by atoms with Gasteiger partial charge in [-0.3, -0.25) is 15.6 Å². The number of fused-ring (bicyclic) bond motifs is 1. The molecular formula is C14H12Cl2N6O. The Kier molecular flexibility index (Phi) is 4.31. The Morgan fingerprint density at radius 1 is 1.26 bits per heavy atom. The summed E-state index contributed by atoms with van der Waals surface area (Å²) in [7, 11) is 0. The Bertz CT molecular complexity index is 879. The fourth-order valence-corrected chi connectivity index (χ4v) is 2.26. The van der Waals surface area contributed by atoms with Crippen LogP contribution in [0.5, 0.6) is 0 Å². The van der Waals surface area contributed by atoms with Crippen molar-refractivity contribution in [3.8, 4) is 5.69 Å². The number of carbonyl (C=O) groups is 1. The number of nitrogens with one attached hydrogen (secondary N) is 2. The van der Waals surface area contributed by atoms with Gasteiger partial charge >= 0.3 is 0 Å². The van der Waals surface area contributed by atoms with E-state index in [0.29, 0.717) is 33.3 Å². The summed E-state index contributed by atoms with van der Waals surface area (Å²) in [6.45, 7) is 1.76. The topological polar surface area (TPSA) is 84.7 Å². The molecule has 0 aliphatic heterocycles. The maximum Gasteiger partial charge on any atom is 0.238 e. The minimum Gasteiger partial charge on any atom is -0.281 e. The van der Waals surface area contributed by atoms with E-state index in [-0.39, 0.29) is 5.91 Å². The Balaban J connectivity index is 2.00. The summed E-state index contributed by atoms with van der Waals surface area (Å²) >= 11 is 12.0. The largest absolute Gasteiger partial charge is 0.281 e. The predicted octanol–water partition coefficient (Wildman–Crippen LogP) is 2.98. The number of hydrogen-bond acceptors (Lipinski definition) is 5. The number of anilines is 1. The zero-order chi connectivity index (χ0) is 16.4. The van der Waals surface area contributed by atoms with Crippen molar-refractivity contribution in [1.82, 2.24) is 25.2 Å². The highest BCUT2D eigenvalue weighted by Crippen LogP contribution is 2.26. The third-order valence-corrected chi connectivity index (χ3v) is 3.89. The van der Waals surface area contributed by atoms with Gasteiger partial charge in [0.2, 0.25) is 5.91 Å². The van der Waals surface area contributed by atoms with Gasteiger partial charge in [0.15, 0.2) is 11.5 Å². The number of rotatable bonds is 4. The molecule has 0 unspecified atom stereocenters. The lowest BCUT2D eigenvalue weighted by Crippen LogP contribution is -2.29. The average molecular weight is 351 g/mol. The van der Waals surface area contributed by atoms with Crippen molar-refractivity contribution in [2.24, 2.45) is 0 Å². The summed E-state index contributed by atoms with van der Waals surface area (Å²) in [6, 6.07) is 5.17. The fraction of sp³-hybridized carbons (Fsp3) is 0.143. The van der Waals surface area contributed by atoms with Gasteiger partial charge in [0.25, 0.3) is 0 Å². The van der Waals surface area contributed by atoms with Gasteiger partial charge in [0.05, 0.1) is 27.3 Å². The first-order valence-electron chi connectivity index (χ1n) is 6.79. The first-order chi connectivity index (χ1) is 11.1. The zero-order valence-electron chi connectivity index (χ0n) is 12.0. The molecule has 0 saturated heterocycles. The highest BCUT2D eigenvalue weighted by Gasteiger charge is 2.12. The summed E-state index contributed by atoms with van der Waals surface area (Å²) in [5, 5.41) is 5.86. The van der Waals surface area contributed by atoms with Crippen LogP contribution in [0.4, 0.5) is 5.82 Å². The maximum atomic E-state index is 11.4. The van der Waals surface area contributed by atoms with Crippen molar-refractivity contribution >= 4 is 46.0 Å². The molecule has 1 aromatic carbocycles. The summed E-state index contributed by atoms with van der Waals surface area (Å²) in [5.74, 6) is 0.316. The maximum absolute atomic E-state index is 11.4. The summed E-state index contributed by atoms with van der Waals surface area (Å²) in [6.07, 6.45) is 3.36. The minimum atomic E-state index is -0.145. The Morgan fingerprint density at radius 3 is 2.83 bits per heavy atom. The first kappa shape index (κ1) is 15.5. The van der Waals surface area contributed by atoms with Gasteiger partial charge < -0.3 is 0 Å². The third-order valence-electron chi connectivity index (χ3n) is 3.15. The average Bonchev–Trinajstić information content (AvgIpc) is 2.99. The van der Waals surface area contributed by atoms with Crippen LogP contribution in [0, 0.1) is 0 Å². The molecular weight excluding hydrogens is 339 g/mol. The van der Waals surface area contributed by atoms with E-state index in [1.165, 1.54) is 6.33 Å². The molecule has 3 rings (SSSR count). The number of nitrogens with zero attached hydrogens (tertiary/aromatic N) is 4. The molecule has 2 aromatic heterocycles. The van der Waals surface area contributed by atoms with Gasteiger partial charge in [-0.2, -0.15) is 5.10 Å². The van der Waals surface area contributed by atoms with Crippen molar-refractivity contribution < 1.29 is 4.79 Å². The molecule has 0 radical (unpaired) electrons. The molecule has 23 heavy (non-hydrogen) atoms. The van der Waals surface area contributed by atoms with Crippen LogP contribution in [-0.2, 0) is 4.79 Å². The minimum absolute atomic E-state index is 0.145. The van der Waals surface area contributed by atoms with Crippen LogP contribution in [0.1, 0.15) is 13.3 Å². The lowest BCUT2D eigenvalue weighted by molar-refractivity contribution is -0.120. The quantitative estimate of drug-likeness (QED) is 0.706. The molecule has 3 aromatic rings. The van der Waals surface area contributed by atoms with Crippen molar-refractivity contribution in [3.05, 3.63) is 40.8 Å². The van der Waals surface area contributed by atoms with Crippen LogP contribution in [0.15, 0.2) is 30.7 Å². The van der Waals surface area contributed by atoms with Crippen LogP contribution < -0.4 is 10.9 Å². The van der Waals surface area contributed by atoms with Gasteiger partial charge in [-0.1, -0.05) is 30.1 Å². The van der Waals surface area contributed by atoms with Crippen LogP contribution in [-0.4, -0.2) is 25.7 Å². The van der Waals surface area contributed by atoms with Crippen LogP contribution >= 0.6 is 23.2 Å². The van der Waals surface area contributed by atoms with Gasteiger partial charge in [-0.05, 0) is 18.2 Å². The second kappa shape index (κ2) is 6.39. The van der Waals surface area contributed by atoms with E-state index in [2.05, 4.69) is 25.9 Å². The summed E-state index contributed by atoms with van der Waals surface area (Å²) in [4.78, 5) is 19.7. The smallest absolute Gasteiger partial charge is 0.238 e. The van der Waals surface area contributed by atoms with E-state index < -0.39 is 0 Å². The first-order valence-corrected chi connectivity index (χ1v) is 7.54. The Labute approximate surface area is 141 Å². The van der Waals surface area contributed by atoms with E-state index >= 15 is 0 Å². The lowest BCUT2D eigenvalue weighted by atomic mass is 10.3. The SMILES string of the molecule is CCC(=O)NNc1ncnc2c1cnn2-c1ccc(Cl)c(Cl)c1. The Morgan fingerprint density at radius 2 is 2.09 bits per heavy atom. The highest BCUT2D eigenvalue weighted by molar-refractivity contribution is 6.42. The third kappa shape index (κ3) is 3.06. The molecule has 0 spiro atoms. The second-order valence-corrected chi connectivity index (χ2v) is 5.46. The van der Waals surface area contributed by atoms with E-state index in [1.807, 2.05) is 0 Å². The van der Waals surface area contributed by atoms with Gasteiger partial charge in [-0.25, -0.2) is 14.6 Å². The van der Waals surface area contributed by atoms with Crippen molar-refractivity contribution in [2.45, 2.75) is 13.3 Å². The molecule has 118 valence electrons. The van der Waals surface area contributed by atoms with Crippen LogP contribution in [0.3, 0.4) is 0 Å². The standard InChI is InChI=1S/C14H12Cl2N6O/c1-2-12(23)20-21-13-9-6-19-22(14(9)18-7-17-13)8-3-4-10(15)11(16)5-8/h3-7H,2H2,1H3,(H,20,23)(H,17,18,21). The van der Waals surface area contributed by atoms with Gasteiger partial charge in [0, 0.05) is 6.42 Å². The lowest BCUT2D eigenvalue weighted by Gasteiger charge is -2.08. The molecule has 0 bridgehead atoms. The van der Waals surface area contributed by atoms with E-state index in [9.17, 15) is 4.79 Å². The van der Waals surface area contributed by atoms with Gasteiger partial charge in [0.1, 0.15) is 6.33 Å². The predicted molar refractivity (Wildman–Crippen MR) is 88.7 cm³/mol. The number of hydrogen-bond donors (Lipinski definition) is 2. The highest BCUT2D eigenvalue weighted by atomic mass is 35.5. The van der Waals surface area contributed by atoms with E-state index in [4.69, 9.17) is 23.2 Å². The fourth-order valence-electron chi connectivity index (χ4n) is 1.97. The molecule has 1 amide bonds. The van der Waals surface area contributed by atoms with Gasteiger partial charge in [-0.15, -0.1) is 0 Å². The van der Waals surface area contributed by atoms with Crippen LogP contribution in [0.25, 0.3) is 16.7 Å². The molecule has 9 heteroatoms. The molecule has 2 N–H and O–H groups in total. The van der Waals surface area contributed by atoms with Crippen LogP contribution in [0.2, 0.25) is 10.0 Å². The number of hydrazine groups is 1. The monoisotopic (exact) mass is 350 g/mol. The second-order valence-electron chi connectivity index (χ2n) is 4.64.